The Labute approximate surface area is 110 Å². The standard InChI is InChI=1S/C14H15F2N3/c1-17-12-8-18-14(19-4-2-3-5-19)10-6-9(15)7-11(16)13(10)12/h6-8,17H,2-5H2,1H3. The fraction of sp³-hybridized carbons (Fsp3) is 0.357. The number of benzene rings is 1. The summed E-state index contributed by atoms with van der Waals surface area (Å²) in [5.41, 5.74) is 0.579. The second kappa shape index (κ2) is 4.64. The molecule has 1 aliphatic rings. The van der Waals surface area contributed by atoms with Crippen LogP contribution in [0.5, 0.6) is 0 Å². The van der Waals surface area contributed by atoms with Crippen LogP contribution >= 0.6 is 0 Å². The van der Waals surface area contributed by atoms with E-state index >= 15 is 0 Å². The van der Waals surface area contributed by atoms with Crippen LogP contribution in [0.25, 0.3) is 10.8 Å². The van der Waals surface area contributed by atoms with Crippen LogP contribution in [0.4, 0.5) is 20.3 Å². The lowest BCUT2D eigenvalue weighted by Gasteiger charge is -2.20. The second-order valence-corrected chi connectivity index (χ2v) is 4.75. The van der Waals surface area contributed by atoms with Gasteiger partial charge in [0.05, 0.1) is 11.9 Å². The van der Waals surface area contributed by atoms with Crippen molar-refractivity contribution in [3.8, 4) is 0 Å². The minimum absolute atomic E-state index is 0.404. The SMILES string of the molecule is CNc1cnc(N2CCCC2)c2cc(F)cc(F)c12. The van der Waals surface area contributed by atoms with Crippen molar-refractivity contribution in [2.45, 2.75) is 12.8 Å². The van der Waals surface area contributed by atoms with Gasteiger partial charge in [-0.15, -0.1) is 0 Å². The molecule has 0 saturated carbocycles. The molecular weight excluding hydrogens is 248 g/mol. The van der Waals surface area contributed by atoms with Crippen LogP contribution in [-0.4, -0.2) is 25.1 Å². The molecule has 1 aromatic carbocycles. The molecule has 5 heteroatoms. The van der Waals surface area contributed by atoms with Crippen molar-refractivity contribution in [3.63, 3.8) is 0 Å². The molecule has 1 N–H and O–H groups in total. The molecule has 0 bridgehead atoms. The molecule has 1 aliphatic heterocycles. The molecule has 1 fully saturated rings. The van der Waals surface area contributed by atoms with Crippen LogP contribution in [0, 0.1) is 11.6 Å². The number of hydrogen-bond donors (Lipinski definition) is 1. The van der Waals surface area contributed by atoms with Gasteiger partial charge in [-0.25, -0.2) is 13.8 Å². The number of rotatable bonds is 2. The molecule has 0 amide bonds. The van der Waals surface area contributed by atoms with Gasteiger partial charge in [-0.3, -0.25) is 0 Å². The number of aromatic nitrogens is 1. The number of anilines is 2. The first-order valence-electron chi connectivity index (χ1n) is 6.41. The van der Waals surface area contributed by atoms with Gasteiger partial charge in [0.2, 0.25) is 0 Å². The van der Waals surface area contributed by atoms with E-state index < -0.39 is 11.6 Å². The summed E-state index contributed by atoms with van der Waals surface area (Å²) in [5, 5.41) is 3.84. The Morgan fingerprint density at radius 1 is 1.21 bits per heavy atom. The summed E-state index contributed by atoms with van der Waals surface area (Å²) in [7, 11) is 1.70. The van der Waals surface area contributed by atoms with E-state index in [-0.39, 0.29) is 0 Å². The predicted molar refractivity (Wildman–Crippen MR) is 72.7 cm³/mol. The molecule has 100 valence electrons. The maximum absolute atomic E-state index is 14.0. The van der Waals surface area contributed by atoms with Gasteiger partial charge < -0.3 is 10.2 Å². The Balaban J connectivity index is 2.28. The second-order valence-electron chi connectivity index (χ2n) is 4.75. The lowest BCUT2D eigenvalue weighted by Crippen LogP contribution is -2.19. The molecule has 0 atom stereocenters. The smallest absolute Gasteiger partial charge is 0.136 e. The van der Waals surface area contributed by atoms with E-state index in [1.807, 2.05) is 0 Å². The van der Waals surface area contributed by atoms with Crippen LogP contribution in [-0.2, 0) is 0 Å². The molecule has 0 radical (unpaired) electrons. The Morgan fingerprint density at radius 2 is 1.95 bits per heavy atom. The zero-order valence-electron chi connectivity index (χ0n) is 10.7. The molecule has 19 heavy (non-hydrogen) atoms. The van der Waals surface area contributed by atoms with E-state index in [1.54, 1.807) is 13.2 Å². The summed E-state index contributed by atoms with van der Waals surface area (Å²) >= 11 is 0. The number of halogens is 2. The highest BCUT2D eigenvalue weighted by Crippen LogP contribution is 2.34. The van der Waals surface area contributed by atoms with Gasteiger partial charge in [0.25, 0.3) is 0 Å². The summed E-state index contributed by atoms with van der Waals surface area (Å²) in [5.74, 6) is -0.451. The topological polar surface area (TPSA) is 28.2 Å². The zero-order valence-corrected chi connectivity index (χ0v) is 10.7. The van der Waals surface area contributed by atoms with Crippen LogP contribution < -0.4 is 10.2 Å². The zero-order chi connectivity index (χ0) is 13.4. The maximum atomic E-state index is 14.0. The molecule has 1 saturated heterocycles. The monoisotopic (exact) mass is 263 g/mol. The predicted octanol–water partition coefficient (Wildman–Crippen LogP) is 3.15. The van der Waals surface area contributed by atoms with Crippen LogP contribution in [0.15, 0.2) is 18.3 Å². The lowest BCUT2D eigenvalue weighted by atomic mass is 10.1. The molecule has 2 heterocycles. The van der Waals surface area contributed by atoms with Crippen LogP contribution in [0.2, 0.25) is 0 Å². The average Bonchev–Trinajstić information content (AvgIpc) is 2.90. The number of nitrogens with zero attached hydrogens (tertiary/aromatic N) is 2. The molecule has 3 rings (SSSR count). The Kier molecular flexibility index (Phi) is 2.97. The average molecular weight is 263 g/mol. The van der Waals surface area contributed by atoms with E-state index in [2.05, 4.69) is 15.2 Å². The lowest BCUT2D eigenvalue weighted by molar-refractivity contribution is 0.592. The summed E-state index contributed by atoms with van der Waals surface area (Å²) in [6, 6.07) is 2.27. The molecular formula is C14H15F2N3. The molecule has 0 spiro atoms. The fourth-order valence-corrected chi connectivity index (χ4v) is 2.65. The minimum Gasteiger partial charge on any atom is -0.386 e. The Bertz CT molecular complexity index is 622. The summed E-state index contributed by atoms with van der Waals surface area (Å²) in [6.45, 7) is 1.78. The van der Waals surface area contributed by atoms with Crippen LogP contribution in [0.1, 0.15) is 12.8 Å². The Morgan fingerprint density at radius 3 is 2.63 bits per heavy atom. The molecule has 0 unspecified atom stereocenters. The van der Waals surface area contributed by atoms with E-state index in [0.717, 1.165) is 32.0 Å². The van der Waals surface area contributed by atoms with Gasteiger partial charge in [0, 0.05) is 37.0 Å². The fourth-order valence-electron chi connectivity index (χ4n) is 2.65. The first-order chi connectivity index (χ1) is 9.20. The normalized spacial score (nSPS) is 15.2. The van der Waals surface area contributed by atoms with Gasteiger partial charge in [-0.2, -0.15) is 0 Å². The van der Waals surface area contributed by atoms with E-state index in [0.29, 0.717) is 22.3 Å². The first kappa shape index (κ1) is 12.1. The highest BCUT2D eigenvalue weighted by atomic mass is 19.1. The highest BCUT2D eigenvalue weighted by Gasteiger charge is 2.19. The van der Waals surface area contributed by atoms with Crippen molar-refractivity contribution >= 4 is 22.3 Å². The minimum atomic E-state index is -0.569. The highest BCUT2D eigenvalue weighted by molar-refractivity contribution is 6.00. The van der Waals surface area contributed by atoms with E-state index in [9.17, 15) is 8.78 Å². The summed E-state index contributed by atoms with van der Waals surface area (Å²) in [6.07, 6.45) is 3.79. The van der Waals surface area contributed by atoms with Gasteiger partial charge in [-0.1, -0.05) is 0 Å². The first-order valence-corrected chi connectivity index (χ1v) is 6.41. The van der Waals surface area contributed by atoms with Crippen molar-refractivity contribution in [2.24, 2.45) is 0 Å². The number of hydrogen-bond acceptors (Lipinski definition) is 3. The van der Waals surface area contributed by atoms with E-state index in [4.69, 9.17) is 0 Å². The van der Waals surface area contributed by atoms with Crippen molar-refractivity contribution in [3.05, 3.63) is 30.0 Å². The third-order valence-corrected chi connectivity index (χ3v) is 3.56. The van der Waals surface area contributed by atoms with Gasteiger partial charge in [0.1, 0.15) is 17.5 Å². The number of pyridine rings is 1. The molecule has 0 aliphatic carbocycles. The Hall–Kier alpha value is -1.91. The van der Waals surface area contributed by atoms with Crippen molar-refractivity contribution in [1.82, 2.24) is 4.98 Å². The summed E-state index contributed by atoms with van der Waals surface area (Å²) in [4.78, 5) is 6.46. The van der Waals surface area contributed by atoms with Crippen molar-refractivity contribution < 1.29 is 8.78 Å². The maximum Gasteiger partial charge on any atom is 0.136 e. The van der Waals surface area contributed by atoms with Crippen LogP contribution in [0.3, 0.4) is 0 Å². The van der Waals surface area contributed by atoms with Gasteiger partial charge in [0.15, 0.2) is 0 Å². The quantitative estimate of drug-likeness (QED) is 0.902. The third-order valence-electron chi connectivity index (χ3n) is 3.56. The molecule has 2 aromatic rings. The summed E-state index contributed by atoms with van der Waals surface area (Å²) < 4.78 is 27.5. The van der Waals surface area contributed by atoms with Gasteiger partial charge >= 0.3 is 0 Å². The third kappa shape index (κ3) is 1.99. The number of fused-ring (bicyclic) bond motifs is 1. The van der Waals surface area contributed by atoms with Crippen molar-refractivity contribution in [1.29, 1.82) is 0 Å². The molecule has 3 nitrogen and oxygen atoms in total. The van der Waals surface area contributed by atoms with Crippen molar-refractivity contribution in [2.75, 3.05) is 30.4 Å². The number of nitrogens with one attached hydrogen (secondary N) is 1. The molecule has 1 aromatic heterocycles. The van der Waals surface area contributed by atoms with E-state index in [1.165, 1.54) is 6.07 Å². The largest absolute Gasteiger partial charge is 0.386 e. The van der Waals surface area contributed by atoms with Gasteiger partial charge in [-0.05, 0) is 18.9 Å².